The lowest BCUT2D eigenvalue weighted by Crippen LogP contribution is -2.47. The lowest BCUT2D eigenvalue weighted by molar-refractivity contribution is -0.129. The lowest BCUT2D eigenvalue weighted by Gasteiger charge is -2.25. The van der Waals surface area contributed by atoms with Gasteiger partial charge in [-0.05, 0) is 37.1 Å². The summed E-state index contributed by atoms with van der Waals surface area (Å²) in [5.74, 6) is 0.615. The van der Waals surface area contributed by atoms with Crippen LogP contribution in [0, 0.1) is 5.92 Å². The summed E-state index contributed by atoms with van der Waals surface area (Å²) in [6, 6.07) is 7.86. The molecule has 0 spiro atoms. The molecule has 1 aromatic rings. The number of hydrogen-bond acceptors (Lipinski definition) is 4. The molecule has 1 unspecified atom stereocenters. The van der Waals surface area contributed by atoms with Crippen molar-refractivity contribution in [2.45, 2.75) is 31.8 Å². The van der Waals surface area contributed by atoms with Gasteiger partial charge in [0.25, 0.3) is 0 Å². The molecule has 0 bridgehead atoms. The number of nitrogens with one attached hydrogen (secondary N) is 2. The summed E-state index contributed by atoms with van der Waals surface area (Å²) in [5.41, 5.74) is 1.04. The first-order valence-corrected chi connectivity index (χ1v) is 8.57. The van der Waals surface area contributed by atoms with Crippen LogP contribution in [0.15, 0.2) is 24.3 Å². The molecule has 2 N–H and O–H groups in total. The first-order valence-electron chi connectivity index (χ1n) is 8.57. The Morgan fingerprint density at radius 3 is 2.83 bits per heavy atom. The van der Waals surface area contributed by atoms with Crippen LogP contribution in [0.3, 0.4) is 0 Å². The van der Waals surface area contributed by atoms with Crippen LogP contribution in [0.4, 0.5) is 0 Å². The second-order valence-electron chi connectivity index (χ2n) is 6.58. The number of carbonyl (C=O) groups is 2. The van der Waals surface area contributed by atoms with E-state index in [1.807, 2.05) is 24.3 Å². The summed E-state index contributed by atoms with van der Waals surface area (Å²) in [6.07, 6.45) is 2.40. The SMILES string of the molecule is COc1ccc(CN2CC(C(=O)N[C@H]3CCCNC3)CC2=O)cc1. The Bertz CT molecular complexity index is 582. The largest absolute Gasteiger partial charge is 0.497 e. The Morgan fingerprint density at radius 1 is 1.38 bits per heavy atom. The number of piperidine rings is 1. The quantitative estimate of drug-likeness (QED) is 0.841. The van der Waals surface area contributed by atoms with Gasteiger partial charge >= 0.3 is 0 Å². The molecular weight excluding hydrogens is 306 g/mol. The van der Waals surface area contributed by atoms with E-state index in [1.54, 1.807) is 12.0 Å². The van der Waals surface area contributed by atoms with Crippen LogP contribution >= 0.6 is 0 Å². The van der Waals surface area contributed by atoms with E-state index in [2.05, 4.69) is 10.6 Å². The highest BCUT2D eigenvalue weighted by Gasteiger charge is 2.35. The molecule has 6 heteroatoms. The fourth-order valence-electron chi connectivity index (χ4n) is 3.35. The molecule has 6 nitrogen and oxygen atoms in total. The molecule has 0 aliphatic carbocycles. The molecule has 0 radical (unpaired) electrons. The van der Waals surface area contributed by atoms with E-state index < -0.39 is 0 Å². The van der Waals surface area contributed by atoms with Crippen molar-refractivity contribution >= 4 is 11.8 Å². The maximum Gasteiger partial charge on any atom is 0.225 e. The van der Waals surface area contributed by atoms with Gasteiger partial charge in [0, 0.05) is 32.1 Å². The highest BCUT2D eigenvalue weighted by Crippen LogP contribution is 2.22. The predicted octanol–water partition coefficient (Wildman–Crippen LogP) is 0.912. The van der Waals surface area contributed by atoms with Crippen molar-refractivity contribution in [3.8, 4) is 5.75 Å². The molecular formula is C18H25N3O3. The maximum absolute atomic E-state index is 12.4. The molecule has 2 saturated heterocycles. The van der Waals surface area contributed by atoms with Crippen molar-refractivity contribution in [3.63, 3.8) is 0 Å². The van der Waals surface area contributed by atoms with Gasteiger partial charge in [0.05, 0.1) is 13.0 Å². The van der Waals surface area contributed by atoms with Gasteiger partial charge in [-0.2, -0.15) is 0 Å². The van der Waals surface area contributed by atoms with Crippen LogP contribution in [0.2, 0.25) is 0 Å². The van der Waals surface area contributed by atoms with E-state index >= 15 is 0 Å². The van der Waals surface area contributed by atoms with Crippen LogP contribution in [-0.2, 0) is 16.1 Å². The Balaban J connectivity index is 1.53. The van der Waals surface area contributed by atoms with Crippen LogP contribution in [-0.4, -0.2) is 49.5 Å². The third-order valence-electron chi connectivity index (χ3n) is 4.76. The van der Waals surface area contributed by atoms with Gasteiger partial charge in [0.15, 0.2) is 0 Å². The molecule has 2 aliphatic rings. The zero-order valence-electron chi connectivity index (χ0n) is 14.1. The molecule has 130 valence electrons. The number of amides is 2. The van der Waals surface area contributed by atoms with Crippen molar-refractivity contribution in [3.05, 3.63) is 29.8 Å². The maximum atomic E-state index is 12.4. The Kier molecular flexibility index (Phi) is 5.35. The van der Waals surface area contributed by atoms with E-state index in [-0.39, 0.29) is 23.8 Å². The molecule has 0 aromatic heterocycles. The van der Waals surface area contributed by atoms with E-state index in [9.17, 15) is 9.59 Å². The second kappa shape index (κ2) is 7.66. The third kappa shape index (κ3) is 4.06. The van der Waals surface area contributed by atoms with Crippen molar-refractivity contribution in [2.24, 2.45) is 5.92 Å². The zero-order chi connectivity index (χ0) is 16.9. The van der Waals surface area contributed by atoms with Crippen molar-refractivity contribution in [2.75, 3.05) is 26.7 Å². The van der Waals surface area contributed by atoms with Crippen LogP contribution in [0.5, 0.6) is 5.75 Å². The first-order chi connectivity index (χ1) is 11.7. The van der Waals surface area contributed by atoms with E-state index in [0.717, 1.165) is 37.2 Å². The molecule has 2 fully saturated rings. The van der Waals surface area contributed by atoms with Crippen LogP contribution < -0.4 is 15.4 Å². The summed E-state index contributed by atoms with van der Waals surface area (Å²) in [4.78, 5) is 26.4. The summed E-state index contributed by atoms with van der Waals surface area (Å²) in [7, 11) is 1.63. The van der Waals surface area contributed by atoms with Crippen molar-refractivity contribution < 1.29 is 14.3 Å². The fraction of sp³-hybridized carbons (Fsp3) is 0.556. The van der Waals surface area contributed by atoms with Gasteiger partial charge in [0.2, 0.25) is 11.8 Å². The molecule has 24 heavy (non-hydrogen) atoms. The van der Waals surface area contributed by atoms with Gasteiger partial charge in [-0.25, -0.2) is 0 Å². The smallest absolute Gasteiger partial charge is 0.225 e. The number of benzene rings is 1. The van der Waals surface area contributed by atoms with E-state index in [0.29, 0.717) is 19.5 Å². The summed E-state index contributed by atoms with van der Waals surface area (Å²) < 4.78 is 5.14. The standard InChI is InChI=1S/C18H25N3O3/c1-24-16-6-4-13(5-7-16)11-21-12-14(9-17(21)22)18(23)20-15-3-2-8-19-10-15/h4-7,14-15,19H,2-3,8-12H2,1H3,(H,20,23)/t14?,15-/m0/s1. The second-order valence-corrected chi connectivity index (χ2v) is 6.58. The van der Waals surface area contributed by atoms with Crippen molar-refractivity contribution in [1.82, 2.24) is 15.5 Å². The number of nitrogens with zero attached hydrogens (tertiary/aromatic N) is 1. The number of carbonyl (C=O) groups excluding carboxylic acids is 2. The molecule has 1 aromatic carbocycles. The Labute approximate surface area is 142 Å². The lowest BCUT2D eigenvalue weighted by atomic mass is 10.0. The summed E-state index contributed by atoms with van der Waals surface area (Å²) in [6.45, 7) is 2.88. The molecule has 2 atom stereocenters. The number of methoxy groups -OCH3 is 1. The van der Waals surface area contributed by atoms with Crippen molar-refractivity contribution in [1.29, 1.82) is 0 Å². The van der Waals surface area contributed by atoms with Gasteiger partial charge in [-0.15, -0.1) is 0 Å². The molecule has 2 heterocycles. The summed E-state index contributed by atoms with van der Waals surface area (Å²) in [5, 5.41) is 6.37. The van der Waals surface area contributed by atoms with Gasteiger partial charge in [-0.3, -0.25) is 9.59 Å². The van der Waals surface area contributed by atoms with E-state index in [4.69, 9.17) is 4.74 Å². The number of likely N-dealkylation sites (tertiary alicyclic amines) is 1. The number of hydrogen-bond donors (Lipinski definition) is 2. The molecule has 3 rings (SSSR count). The van der Waals surface area contributed by atoms with Crippen LogP contribution in [0.25, 0.3) is 0 Å². The molecule has 2 amide bonds. The number of rotatable bonds is 5. The zero-order valence-corrected chi connectivity index (χ0v) is 14.1. The minimum atomic E-state index is -0.238. The summed E-state index contributed by atoms with van der Waals surface area (Å²) >= 11 is 0. The fourth-order valence-corrected chi connectivity index (χ4v) is 3.35. The minimum Gasteiger partial charge on any atom is -0.497 e. The average Bonchev–Trinajstić information content (AvgIpc) is 2.97. The highest BCUT2D eigenvalue weighted by molar-refractivity contribution is 5.89. The topological polar surface area (TPSA) is 70.7 Å². The van der Waals surface area contributed by atoms with Crippen LogP contribution in [0.1, 0.15) is 24.8 Å². The van der Waals surface area contributed by atoms with Gasteiger partial charge in [0.1, 0.15) is 5.75 Å². The monoisotopic (exact) mass is 331 g/mol. The average molecular weight is 331 g/mol. The Morgan fingerprint density at radius 2 is 2.17 bits per heavy atom. The normalized spacial score (nSPS) is 24.0. The number of ether oxygens (including phenoxy) is 1. The third-order valence-corrected chi connectivity index (χ3v) is 4.76. The molecule has 2 aliphatic heterocycles. The predicted molar refractivity (Wildman–Crippen MR) is 90.6 cm³/mol. The Hall–Kier alpha value is -2.08. The minimum absolute atomic E-state index is 0.00859. The van der Waals surface area contributed by atoms with Gasteiger partial charge in [-0.1, -0.05) is 12.1 Å². The highest BCUT2D eigenvalue weighted by atomic mass is 16.5. The van der Waals surface area contributed by atoms with E-state index in [1.165, 1.54) is 0 Å². The first kappa shape index (κ1) is 16.8. The molecule has 0 saturated carbocycles. The van der Waals surface area contributed by atoms with Gasteiger partial charge < -0.3 is 20.3 Å².